The van der Waals surface area contributed by atoms with Gasteiger partial charge in [-0.2, -0.15) is 4.37 Å². The molecule has 6 heteroatoms. The van der Waals surface area contributed by atoms with Crippen molar-refractivity contribution in [1.82, 2.24) is 14.7 Å². The first-order valence-electron chi connectivity index (χ1n) is 6.52. The van der Waals surface area contributed by atoms with Crippen molar-refractivity contribution in [1.29, 1.82) is 0 Å². The van der Waals surface area contributed by atoms with Crippen molar-refractivity contribution in [3.8, 4) is 0 Å². The van der Waals surface area contributed by atoms with Crippen LogP contribution in [0.4, 0.5) is 0 Å². The largest absolute Gasteiger partial charge is 0.312 e. The third-order valence-corrected chi connectivity index (χ3v) is 4.94. The molecule has 0 aliphatic rings. The van der Waals surface area contributed by atoms with E-state index in [0.29, 0.717) is 5.92 Å². The van der Waals surface area contributed by atoms with Crippen LogP contribution in [0, 0.1) is 12.8 Å². The van der Waals surface area contributed by atoms with Crippen molar-refractivity contribution >= 4 is 34.9 Å². The molecule has 1 aromatic heterocycles. The normalized spacial score (nSPS) is 11.2. The van der Waals surface area contributed by atoms with E-state index in [4.69, 9.17) is 11.6 Å². The predicted molar refractivity (Wildman–Crippen MR) is 86.8 cm³/mol. The standard InChI is InChI=1S/C14H18ClN3S2/c1-9(2)7-16-8-11-12(15)5-4-6-13(11)19-14-17-10(3)18-20-14/h4-6,9,16H,7-8H2,1-3H3. The van der Waals surface area contributed by atoms with Gasteiger partial charge in [0.25, 0.3) is 0 Å². The molecule has 0 fully saturated rings. The average Bonchev–Trinajstić information content (AvgIpc) is 2.78. The van der Waals surface area contributed by atoms with Gasteiger partial charge in [-0.25, -0.2) is 4.98 Å². The highest BCUT2D eigenvalue weighted by molar-refractivity contribution is 8.01. The first-order chi connectivity index (χ1) is 9.56. The summed E-state index contributed by atoms with van der Waals surface area (Å²) in [5.74, 6) is 1.44. The Morgan fingerprint density at radius 3 is 2.85 bits per heavy atom. The molecule has 2 rings (SSSR count). The highest BCUT2D eigenvalue weighted by atomic mass is 35.5. The second-order valence-electron chi connectivity index (χ2n) is 4.95. The molecule has 1 heterocycles. The molecule has 0 amide bonds. The highest BCUT2D eigenvalue weighted by Gasteiger charge is 2.11. The average molecular weight is 328 g/mol. The van der Waals surface area contributed by atoms with Crippen LogP contribution < -0.4 is 5.32 Å². The summed E-state index contributed by atoms with van der Waals surface area (Å²) in [4.78, 5) is 5.54. The lowest BCUT2D eigenvalue weighted by Gasteiger charge is -2.12. The SMILES string of the molecule is Cc1nsc(Sc2cccc(Cl)c2CNCC(C)C)n1. The summed E-state index contributed by atoms with van der Waals surface area (Å²) in [5.41, 5.74) is 1.13. The lowest BCUT2D eigenvalue weighted by Crippen LogP contribution is -2.19. The summed E-state index contributed by atoms with van der Waals surface area (Å²) in [6.07, 6.45) is 0. The number of rotatable bonds is 6. The zero-order valence-corrected chi connectivity index (χ0v) is 14.2. The van der Waals surface area contributed by atoms with Gasteiger partial charge < -0.3 is 5.32 Å². The van der Waals surface area contributed by atoms with Crippen molar-refractivity contribution < 1.29 is 0 Å². The molecule has 0 aliphatic heterocycles. The number of halogens is 1. The Morgan fingerprint density at radius 1 is 1.40 bits per heavy atom. The maximum absolute atomic E-state index is 6.33. The Kier molecular flexibility index (Phi) is 5.84. The molecular formula is C14H18ClN3S2. The molecule has 3 nitrogen and oxygen atoms in total. The number of aromatic nitrogens is 2. The molecule has 0 spiro atoms. The lowest BCUT2D eigenvalue weighted by molar-refractivity contribution is 0.550. The van der Waals surface area contributed by atoms with E-state index in [-0.39, 0.29) is 0 Å². The third kappa shape index (κ3) is 4.45. The Bertz CT molecular complexity index is 569. The topological polar surface area (TPSA) is 37.8 Å². The minimum atomic E-state index is 0.624. The molecule has 0 atom stereocenters. The summed E-state index contributed by atoms with van der Waals surface area (Å²) in [6.45, 7) is 8.05. The highest BCUT2D eigenvalue weighted by Crippen LogP contribution is 2.34. The van der Waals surface area contributed by atoms with Gasteiger partial charge in [-0.05, 0) is 48.6 Å². The van der Waals surface area contributed by atoms with Crippen molar-refractivity contribution in [2.45, 2.75) is 36.6 Å². The van der Waals surface area contributed by atoms with E-state index in [2.05, 4.69) is 34.6 Å². The Morgan fingerprint density at radius 2 is 2.20 bits per heavy atom. The summed E-state index contributed by atoms with van der Waals surface area (Å²) in [7, 11) is 0. The molecule has 0 aliphatic carbocycles. The Labute approximate surface area is 133 Å². The smallest absolute Gasteiger partial charge is 0.174 e. The van der Waals surface area contributed by atoms with Crippen LogP contribution in [0.1, 0.15) is 25.2 Å². The van der Waals surface area contributed by atoms with Gasteiger partial charge in [0.15, 0.2) is 4.34 Å². The Balaban J connectivity index is 2.13. The zero-order valence-electron chi connectivity index (χ0n) is 11.8. The Hall–Kier alpha value is -0.620. The predicted octanol–water partition coefficient (Wildman–Crippen LogP) is 4.40. The van der Waals surface area contributed by atoms with Crippen molar-refractivity contribution in [3.05, 3.63) is 34.6 Å². The number of nitrogens with zero attached hydrogens (tertiary/aromatic N) is 2. The van der Waals surface area contributed by atoms with E-state index >= 15 is 0 Å². The van der Waals surface area contributed by atoms with Crippen LogP contribution in [0.3, 0.4) is 0 Å². The van der Waals surface area contributed by atoms with Gasteiger partial charge >= 0.3 is 0 Å². The van der Waals surface area contributed by atoms with Crippen LogP contribution in [-0.4, -0.2) is 15.9 Å². The van der Waals surface area contributed by atoms with Crippen molar-refractivity contribution in [2.75, 3.05) is 6.54 Å². The van der Waals surface area contributed by atoms with Crippen LogP contribution in [0.5, 0.6) is 0 Å². The summed E-state index contributed by atoms with van der Waals surface area (Å²) >= 11 is 9.38. The second kappa shape index (κ2) is 7.41. The molecule has 2 aromatic rings. The molecule has 0 saturated carbocycles. The molecule has 1 aromatic carbocycles. The van der Waals surface area contributed by atoms with E-state index in [1.54, 1.807) is 11.8 Å². The fraction of sp³-hybridized carbons (Fsp3) is 0.429. The number of hydrogen-bond donors (Lipinski definition) is 1. The second-order valence-corrected chi connectivity index (χ2v) is 7.40. The first-order valence-corrected chi connectivity index (χ1v) is 8.49. The van der Waals surface area contributed by atoms with Gasteiger partial charge in [0, 0.05) is 16.5 Å². The van der Waals surface area contributed by atoms with Crippen molar-refractivity contribution in [2.24, 2.45) is 5.92 Å². The number of aryl methyl sites for hydroxylation is 1. The zero-order chi connectivity index (χ0) is 14.5. The van der Waals surface area contributed by atoms with Crippen LogP contribution >= 0.6 is 34.9 Å². The minimum Gasteiger partial charge on any atom is -0.312 e. The van der Waals surface area contributed by atoms with Crippen LogP contribution in [0.2, 0.25) is 5.02 Å². The fourth-order valence-electron chi connectivity index (χ4n) is 1.71. The number of hydrogen-bond acceptors (Lipinski definition) is 5. The molecule has 20 heavy (non-hydrogen) atoms. The van der Waals surface area contributed by atoms with Gasteiger partial charge in [0.05, 0.1) is 0 Å². The molecule has 0 unspecified atom stereocenters. The molecule has 1 N–H and O–H groups in total. The van der Waals surface area contributed by atoms with E-state index in [9.17, 15) is 0 Å². The summed E-state index contributed by atoms with van der Waals surface area (Å²) in [5, 5.41) is 4.24. The molecule has 0 radical (unpaired) electrons. The van der Waals surface area contributed by atoms with Gasteiger partial charge in [0.1, 0.15) is 5.82 Å². The van der Waals surface area contributed by atoms with E-state index in [1.165, 1.54) is 11.5 Å². The van der Waals surface area contributed by atoms with Crippen molar-refractivity contribution in [3.63, 3.8) is 0 Å². The first kappa shape index (κ1) is 15.8. The molecule has 0 saturated heterocycles. The van der Waals surface area contributed by atoms with Crippen LogP contribution in [0.25, 0.3) is 0 Å². The van der Waals surface area contributed by atoms with Gasteiger partial charge in [-0.3, -0.25) is 0 Å². The maximum atomic E-state index is 6.33. The summed E-state index contributed by atoms with van der Waals surface area (Å²) < 4.78 is 5.16. The van der Waals surface area contributed by atoms with Gasteiger partial charge in [-0.15, -0.1) is 0 Å². The maximum Gasteiger partial charge on any atom is 0.174 e. The van der Waals surface area contributed by atoms with E-state index < -0.39 is 0 Å². The summed E-state index contributed by atoms with van der Waals surface area (Å²) in [6, 6.07) is 5.99. The monoisotopic (exact) mass is 327 g/mol. The minimum absolute atomic E-state index is 0.624. The quantitative estimate of drug-likeness (QED) is 0.853. The third-order valence-electron chi connectivity index (χ3n) is 2.64. The lowest BCUT2D eigenvalue weighted by atomic mass is 10.2. The number of nitrogens with one attached hydrogen (secondary N) is 1. The van der Waals surface area contributed by atoms with Crippen LogP contribution in [-0.2, 0) is 6.54 Å². The van der Waals surface area contributed by atoms with Gasteiger partial charge in [-0.1, -0.05) is 43.3 Å². The fourth-order valence-corrected chi connectivity index (χ4v) is 3.77. The van der Waals surface area contributed by atoms with Gasteiger partial charge in [0.2, 0.25) is 0 Å². The van der Waals surface area contributed by atoms with E-state index in [1.807, 2.05) is 19.1 Å². The molecule has 108 valence electrons. The molecular weight excluding hydrogens is 310 g/mol. The van der Waals surface area contributed by atoms with Crippen LogP contribution in [0.15, 0.2) is 27.4 Å². The number of benzene rings is 1. The molecule has 0 bridgehead atoms. The van der Waals surface area contributed by atoms with E-state index in [0.717, 1.165) is 38.7 Å².